The minimum absolute atomic E-state index is 0.407. The molecule has 3 rings (SSSR count). The lowest BCUT2D eigenvalue weighted by Crippen LogP contribution is -2.53. The molecular formula is C15H21BrN2O. The van der Waals surface area contributed by atoms with E-state index in [4.69, 9.17) is 0 Å². The predicted octanol–water partition coefficient (Wildman–Crippen LogP) is 3.28. The molecule has 0 spiro atoms. The number of rotatable bonds is 1. The fourth-order valence-corrected chi connectivity index (χ4v) is 4.24. The molecule has 19 heavy (non-hydrogen) atoms. The Morgan fingerprint density at radius 1 is 1.42 bits per heavy atom. The van der Waals surface area contributed by atoms with Gasteiger partial charge in [0, 0.05) is 25.2 Å². The molecular weight excluding hydrogens is 304 g/mol. The third kappa shape index (κ3) is 2.52. The van der Waals surface area contributed by atoms with Gasteiger partial charge in [0.05, 0.1) is 10.1 Å². The van der Waals surface area contributed by atoms with Crippen molar-refractivity contribution in [3.63, 3.8) is 0 Å². The number of anilines is 1. The predicted molar refractivity (Wildman–Crippen MR) is 80.4 cm³/mol. The lowest BCUT2D eigenvalue weighted by molar-refractivity contribution is -0.0613. The first-order valence-corrected chi connectivity index (χ1v) is 7.97. The Labute approximate surface area is 123 Å². The largest absolute Gasteiger partial charge is 0.389 e. The fraction of sp³-hybridized carbons (Fsp3) is 0.667. The van der Waals surface area contributed by atoms with Crippen molar-refractivity contribution >= 4 is 21.7 Å². The summed E-state index contributed by atoms with van der Waals surface area (Å²) in [6.45, 7) is 3.89. The molecule has 1 aromatic heterocycles. The van der Waals surface area contributed by atoms with E-state index < -0.39 is 5.60 Å². The van der Waals surface area contributed by atoms with E-state index in [1.54, 1.807) is 0 Å². The highest BCUT2D eigenvalue weighted by Gasteiger charge is 2.43. The molecule has 0 bridgehead atoms. The molecule has 0 aromatic carbocycles. The summed E-state index contributed by atoms with van der Waals surface area (Å²) in [5.74, 6) is 1.43. The first-order chi connectivity index (χ1) is 9.08. The van der Waals surface area contributed by atoms with Crippen LogP contribution in [0.5, 0.6) is 0 Å². The second kappa shape index (κ2) is 5.06. The molecule has 1 aromatic rings. The van der Waals surface area contributed by atoms with Crippen LogP contribution in [0.4, 0.5) is 5.82 Å². The first kappa shape index (κ1) is 13.4. The quantitative estimate of drug-likeness (QED) is 0.861. The highest BCUT2D eigenvalue weighted by atomic mass is 79.9. The van der Waals surface area contributed by atoms with Gasteiger partial charge in [-0.05, 0) is 53.7 Å². The Morgan fingerprint density at radius 3 is 3.05 bits per heavy atom. The molecule has 1 N–H and O–H groups in total. The van der Waals surface area contributed by atoms with Crippen molar-refractivity contribution in [2.45, 2.75) is 44.6 Å². The van der Waals surface area contributed by atoms with Crippen LogP contribution in [0.1, 0.15) is 37.7 Å². The van der Waals surface area contributed by atoms with Crippen LogP contribution in [0.15, 0.2) is 16.7 Å². The van der Waals surface area contributed by atoms with Gasteiger partial charge in [-0.2, -0.15) is 0 Å². The topological polar surface area (TPSA) is 36.4 Å². The normalized spacial score (nSPS) is 31.1. The smallest absolute Gasteiger partial charge is 0.142 e. The zero-order valence-electron chi connectivity index (χ0n) is 11.4. The molecule has 2 aliphatic rings. The summed E-state index contributed by atoms with van der Waals surface area (Å²) in [5.41, 5.74) is 0.758. The minimum Gasteiger partial charge on any atom is -0.389 e. The van der Waals surface area contributed by atoms with Gasteiger partial charge in [-0.3, -0.25) is 0 Å². The van der Waals surface area contributed by atoms with E-state index in [0.29, 0.717) is 5.92 Å². The molecule has 1 aliphatic carbocycles. The second-order valence-corrected chi connectivity index (χ2v) is 6.91. The zero-order valence-corrected chi connectivity index (χ0v) is 13.0. The Hall–Kier alpha value is -0.610. The van der Waals surface area contributed by atoms with E-state index in [-0.39, 0.29) is 0 Å². The van der Waals surface area contributed by atoms with Gasteiger partial charge in [0.15, 0.2) is 0 Å². The summed E-state index contributed by atoms with van der Waals surface area (Å²) in [7, 11) is 0. The Balaban J connectivity index is 1.80. The van der Waals surface area contributed by atoms with E-state index in [9.17, 15) is 5.11 Å². The number of aromatic nitrogens is 1. The van der Waals surface area contributed by atoms with Crippen LogP contribution < -0.4 is 4.90 Å². The van der Waals surface area contributed by atoms with E-state index in [1.165, 1.54) is 18.4 Å². The van der Waals surface area contributed by atoms with Gasteiger partial charge in [-0.25, -0.2) is 4.98 Å². The molecule has 1 saturated carbocycles. The number of pyridine rings is 1. The van der Waals surface area contributed by atoms with Crippen molar-refractivity contribution in [3.8, 4) is 0 Å². The van der Waals surface area contributed by atoms with Crippen molar-refractivity contribution < 1.29 is 5.11 Å². The molecule has 4 heteroatoms. The Bertz CT molecular complexity index is 479. The summed E-state index contributed by atoms with van der Waals surface area (Å²) in [6.07, 6.45) is 7.36. The number of aryl methyl sites for hydroxylation is 1. The van der Waals surface area contributed by atoms with Gasteiger partial charge in [0.1, 0.15) is 5.82 Å². The maximum Gasteiger partial charge on any atom is 0.142 e. The van der Waals surface area contributed by atoms with Crippen LogP contribution in [0.25, 0.3) is 0 Å². The number of hydrogen-bond acceptors (Lipinski definition) is 3. The zero-order chi connectivity index (χ0) is 13.5. The van der Waals surface area contributed by atoms with Crippen LogP contribution >= 0.6 is 15.9 Å². The number of piperidine rings is 1. The van der Waals surface area contributed by atoms with Crippen LogP contribution in [-0.2, 0) is 0 Å². The van der Waals surface area contributed by atoms with Gasteiger partial charge in [-0.15, -0.1) is 0 Å². The highest BCUT2D eigenvalue weighted by Crippen LogP contribution is 2.41. The van der Waals surface area contributed by atoms with Crippen molar-refractivity contribution in [1.82, 2.24) is 4.98 Å². The SMILES string of the molecule is Cc1cnc(N2CCC3(O)CCCCC3C2)c(Br)c1. The molecule has 0 amide bonds. The summed E-state index contributed by atoms with van der Waals surface area (Å²) < 4.78 is 1.06. The van der Waals surface area contributed by atoms with Crippen LogP contribution in [0, 0.1) is 12.8 Å². The monoisotopic (exact) mass is 324 g/mol. The Kier molecular flexibility index (Phi) is 3.56. The van der Waals surface area contributed by atoms with E-state index in [1.807, 2.05) is 6.20 Å². The van der Waals surface area contributed by atoms with Crippen LogP contribution in [0.3, 0.4) is 0 Å². The van der Waals surface area contributed by atoms with Gasteiger partial charge < -0.3 is 10.0 Å². The summed E-state index contributed by atoms with van der Waals surface area (Å²) in [5, 5.41) is 10.7. The minimum atomic E-state index is -0.411. The van der Waals surface area contributed by atoms with Gasteiger partial charge in [-0.1, -0.05) is 12.8 Å². The molecule has 3 nitrogen and oxygen atoms in total. The average molecular weight is 325 g/mol. The summed E-state index contributed by atoms with van der Waals surface area (Å²) in [4.78, 5) is 6.89. The van der Waals surface area contributed by atoms with E-state index in [0.717, 1.165) is 42.6 Å². The molecule has 2 fully saturated rings. The lowest BCUT2D eigenvalue weighted by Gasteiger charge is -2.47. The number of halogens is 1. The first-order valence-electron chi connectivity index (χ1n) is 7.18. The average Bonchev–Trinajstić information content (AvgIpc) is 2.38. The van der Waals surface area contributed by atoms with Crippen molar-refractivity contribution in [3.05, 3.63) is 22.3 Å². The molecule has 2 atom stereocenters. The molecule has 104 valence electrons. The fourth-order valence-electron chi connectivity index (χ4n) is 3.52. The highest BCUT2D eigenvalue weighted by molar-refractivity contribution is 9.10. The third-order valence-electron chi connectivity index (χ3n) is 4.69. The maximum atomic E-state index is 10.7. The molecule has 2 heterocycles. The van der Waals surface area contributed by atoms with E-state index in [2.05, 4.69) is 38.8 Å². The van der Waals surface area contributed by atoms with E-state index >= 15 is 0 Å². The van der Waals surface area contributed by atoms with Crippen LogP contribution in [-0.4, -0.2) is 28.8 Å². The van der Waals surface area contributed by atoms with Crippen molar-refractivity contribution in [2.24, 2.45) is 5.92 Å². The maximum absolute atomic E-state index is 10.7. The number of fused-ring (bicyclic) bond motifs is 1. The lowest BCUT2D eigenvalue weighted by atomic mass is 9.71. The number of nitrogens with zero attached hydrogens (tertiary/aromatic N) is 2. The summed E-state index contributed by atoms with van der Waals surface area (Å²) >= 11 is 3.62. The second-order valence-electron chi connectivity index (χ2n) is 6.06. The molecule has 1 saturated heterocycles. The Morgan fingerprint density at radius 2 is 2.26 bits per heavy atom. The van der Waals surface area contributed by atoms with Gasteiger partial charge in [0.25, 0.3) is 0 Å². The third-order valence-corrected chi connectivity index (χ3v) is 5.27. The van der Waals surface area contributed by atoms with Crippen LogP contribution in [0.2, 0.25) is 0 Å². The molecule has 2 unspecified atom stereocenters. The van der Waals surface area contributed by atoms with Crippen molar-refractivity contribution in [1.29, 1.82) is 0 Å². The summed E-state index contributed by atoms with van der Waals surface area (Å²) in [6, 6.07) is 2.12. The number of hydrogen-bond donors (Lipinski definition) is 1. The molecule has 0 radical (unpaired) electrons. The molecule has 1 aliphatic heterocycles. The van der Waals surface area contributed by atoms with Gasteiger partial charge in [0.2, 0.25) is 0 Å². The standard InChI is InChI=1S/C15H21BrN2O/c1-11-8-13(16)14(17-9-11)18-7-6-15(19)5-3-2-4-12(15)10-18/h8-9,12,19H,2-7,10H2,1H3. The van der Waals surface area contributed by atoms with Gasteiger partial charge >= 0.3 is 0 Å². The number of aliphatic hydroxyl groups is 1. The van der Waals surface area contributed by atoms with Crippen molar-refractivity contribution in [2.75, 3.05) is 18.0 Å².